The van der Waals surface area contributed by atoms with Crippen LogP contribution in [0.2, 0.25) is 0 Å². The van der Waals surface area contributed by atoms with E-state index in [9.17, 15) is 4.79 Å². The summed E-state index contributed by atoms with van der Waals surface area (Å²) in [6.45, 7) is 3.09. The first kappa shape index (κ1) is 15.4. The molecule has 0 aromatic heterocycles. The summed E-state index contributed by atoms with van der Waals surface area (Å²) >= 11 is 0. The van der Waals surface area contributed by atoms with Gasteiger partial charge in [0.1, 0.15) is 0 Å². The minimum absolute atomic E-state index is 0.203. The molecular formula is C14H28N2O2. The van der Waals surface area contributed by atoms with E-state index in [1.807, 2.05) is 0 Å². The van der Waals surface area contributed by atoms with Crippen LogP contribution < -0.4 is 10.6 Å². The highest BCUT2D eigenvalue weighted by atomic mass is 16.5. The first-order chi connectivity index (χ1) is 8.83. The van der Waals surface area contributed by atoms with E-state index in [1.54, 1.807) is 7.11 Å². The summed E-state index contributed by atoms with van der Waals surface area (Å²) in [5, 5.41) is 6.16. The Bertz CT molecular complexity index is 216. The fourth-order valence-electron chi connectivity index (χ4n) is 2.49. The lowest BCUT2D eigenvalue weighted by atomic mass is 9.86. The zero-order valence-electron chi connectivity index (χ0n) is 11.7. The molecule has 0 aromatic carbocycles. The number of methoxy groups -OCH3 is 1. The number of amides is 1. The molecule has 0 saturated heterocycles. The monoisotopic (exact) mass is 256 g/mol. The van der Waals surface area contributed by atoms with Crippen LogP contribution in [0.25, 0.3) is 0 Å². The predicted molar refractivity (Wildman–Crippen MR) is 73.6 cm³/mol. The van der Waals surface area contributed by atoms with Crippen LogP contribution in [0, 0.1) is 5.92 Å². The highest BCUT2D eigenvalue weighted by Crippen LogP contribution is 2.26. The van der Waals surface area contributed by atoms with Gasteiger partial charge in [0.25, 0.3) is 0 Å². The van der Waals surface area contributed by atoms with Crippen molar-refractivity contribution in [2.75, 3.05) is 33.4 Å². The Balaban J connectivity index is 1.90. The average Bonchev–Trinajstić information content (AvgIpc) is 2.41. The molecule has 0 bridgehead atoms. The molecule has 0 unspecified atom stereocenters. The van der Waals surface area contributed by atoms with Crippen molar-refractivity contribution in [2.24, 2.45) is 5.92 Å². The van der Waals surface area contributed by atoms with Crippen molar-refractivity contribution in [3.8, 4) is 0 Å². The molecule has 1 saturated carbocycles. The zero-order valence-corrected chi connectivity index (χ0v) is 11.7. The lowest BCUT2D eigenvalue weighted by Gasteiger charge is -2.20. The third-order valence-corrected chi connectivity index (χ3v) is 3.61. The van der Waals surface area contributed by atoms with Crippen molar-refractivity contribution >= 4 is 5.91 Å². The Hall–Kier alpha value is -0.610. The lowest BCUT2D eigenvalue weighted by molar-refractivity contribution is -0.121. The SMILES string of the molecule is COCCNCCNC(=O)CCC1CCCCC1. The van der Waals surface area contributed by atoms with Crippen LogP contribution in [0.5, 0.6) is 0 Å². The Labute approximate surface area is 111 Å². The van der Waals surface area contributed by atoms with E-state index in [2.05, 4.69) is 10.6 Å². The second kappa shape index (κ2) is 10.3. The summed E-state index contributed by atoms with van der Waals surface area (Å²) in [5.41, 5.74) is 0. The van der Waals surface area contributed by atoms with Crippen LogP contribution >= 0.6 is 0 Å². The van der Waals surface area contributed by atoms with Crippen molar-refractivity contribution < 1.29 is 9.53 Å². The van der Waals surface area contributed by atoms with E-state index in [4.69, 9.17) is 4.74 Å². The fraction of sp³-hybridized carbons (Fsp3) is 0.929. The Morgan fingerprint density at radius 2 is 1.94 bits per heavy atom. The number of carbonyl (C=O) groups excluding carboxylic acids is 1. The van der Waals surface area contributed by atoms with Gasteiger partial charge in [-0.3, -0.25) is 4.79 Å². The molecule has 2 N–H and O–H groups in total. The minimum Gasteiger partial charge on any atom is -0.383 e. The van der Waals surface area contributed by atoms with Crippen molar-refractivity contribution in [2.45, 2.75) is 44.9 Å². The molecule has 0 aliphatic heterocycles. The molecule has 18 heavy (non-hydrogen) atoms. The van der Waals surface area contributed by atoms with Gasteiger partial charge >= 0.3 is 0 Å². The second-order valence-electron chi connectivity index (χ2n) is 5.14. The van der Waals surface area contributed by atoms with Gasteiger partial charge in [0.2, 0.25) is 5.91 Å². The Morgan fingerprint density at radius 1 is 1.17 bits per heavy atom. The van der Waals surface area contributed by atoms with Gasteiger partial charge in [0, 0.05) is 33.2 Å². The highest BCUT2D eigenvalue weighted by Gasteiger charge is 2.14. The molecule has 0 aromatic rings. The summed E-state index contributed by atoms with van der Waals surface area (Å²) in [7, 11) is 1.69. The summed E-state index contributed by atoms with van der Waals surface area (Å²) in [6, 6.07) is 0. The van der Waals surface area contributed by atoms with Crippen LogP contribution in [0.15, 0.2) is 0 Å². The first-order valence-electron chi connectivity index (χ1n) is 7.29. The van der Waals surface area contributed by atoms with Crippen LogP contribution in [0.1, 0.15) is 44.9 Å². The third-order valence-electron chi connectivity index (χ3n) is 3.61. The molecule has 0 spiro atoms. The summed E-state index contributed by atoms with van der Waals surface area (Å²) in [6.07, 6.45) is 8.52. The van der Waals surface area contributed by atoms with Gasteiger partial charge in [0.05, 0.1) is 6.61 Å². The summed E-state index contributed by atoms with van der Waals surface area (Å²) in [4.78, 5) is 11.6. The molecule has 0 radical (unpaired) electrons. The Morgan fingerprint density at radius 3 is 2.67 bits per heavy atom. The molecule has 1 fully saturated rings. The van der Waals surface area contributed by atoms with Crippen molar-refractivity contribution in [3.63, 3.8) is 0 Å². The molecule has 4 nitrogen and oxygen atoms in total. The van der Waals surface area contributed by atoms with Crippen LogP contribution in [-0.4, -0.2) is 39.3 Å². The predicted octanol–water partition coefficient (Wildman–Crippen LogP) is 1.70. The standard InChI is InChI=1S/C14H28N2O2/c1-18-12-11-15-9-10-16-14(17)8-7-13-5-3-2-4-6-13/h13,15H,2-12H2,1H3,(H,16,17). The van der Waals surface area contributed by atoms with Crippen LogP contribution in [0.4, 0.5) is 0 Å². The number of hydrogen-bond donors (Lipinski definition) is 2. The maximum Gasteiger partial charge on any atom is 0.220 e. The van der Waals surface area contributed by atoms with Crippen molar-refractivity contribution in [3.05, 3.63) is 0 Å². The molecule has 0 atom stereocenters. The van der Waals surface area contributed by atoms with Gasteiger partial charge < -0.3 is 15.4 Å². The molecule has 0 heterocycles. The van der Waals surface area contributed by atoms with E-state index in [0.29, 0.717) is 13.0 Å². The fourth-order valence-corrected chi connectivity index (χ4v) is 2.49. The molecular weight excluding hydrogens is 228 g/mol. The quantitative estimate of drug-likeness (QED) is 0.617. The van der Waals surface area contributed by atoms with E-state index in [-0.39, 0.29) is 5.91 Å². The minimum atomic E-state index is 0.203. The lowest BCUT2D eigenvalue weighted by Crippen LogP contribution is -2.33. The molecule has 1 amide bonds. The number of rotatable bonds is 9. The zero-order chi connectivity index (χ0) is 13.1. The van der Waals surface area contributed by atoms with Gasteiger partial charge in [-0.25, -0.2) is 0 Å². The van der Waals surface area contributed by atoms with Gasteiger partial charge in [-0.15, -0.1) is 0 Å². The van der Waals surface area contributed by atoms with Crippen molar-refractivity contribution in [1.29, 1.82) is 0 Å². The molecule has 106 valence electrons. The van der Waals surface area contributed by atoms with Gasteiger partial charge in [-0.2, -0.15) is 0 Å². The molecule has 1 aliphatic rings. The Kier molecular flexibility index (Phi) is 8.86. The summed E-state index contributed by atoms with van der Waals surface area (Å²) in [5.74, 6) is 0.999. The van der Waals surface area contributed by atoms with Gasteiger partial charge in [-0.05, 0) is 12.3 Å². The third kappa shape index (κ3) is 7.67. The number of ether oxygens (including phenoxy) is 1. The summed E-state index contributed by atoms with van der Waals surface area (Å²) < 4.78 is 4.93. The number of nitrogens with one attached hydrogen (secondary N) is 2. The maximum absolute atomic E-state index is 11.6. The van der Waals surface area contributed by atoms with Gasteiger partial charge in [-0.1, -0.05) is 32.1 Å². The normalized spacial score (nSPS) is 16.7. The van der Waals surface area contributed by atoms with Crippen LogP contribution in [0.3, 0.4) is 0 Å². The molecule has 1 aliphatic carbocycles. The van der Waals surface area contributed by atoms with Crippen molar-refractivity contribution in [1.82, 2.24) is 10.6 Å². The highest BCUT2D eigenvalue weighted by molar-refractivity contribution is 5.75. The maximum atomic E-state index is 11.6. The smallest absolute Gasteiger partial charge is 0.220 e. The van der Waals surface area contributed by atoms with E-state index in [0.717, 1.165) is 32.0 Å². The van der Waals surface area contributed by atoms with E-state index in [1.165, 1.54) is 32.1 Å². The molecule has 4 heteroatoms. The second-order valence-corrected chi connectivity index (χ2v) is 5.14. The van der Waals surface area contributed by atoms with E-state index >= 15 is 0 Å². The molecule has 1 rings (SSSR count). The number of carbonyl (C=O) groups is 1. The first-order valence-corrected chi connectivity index (χ1v) is 7.29. The largest absolute Gasteiger partial charge is 0.383 e. The van der Waals surface area contributed by atoms with E-state index < -0.39 is 0 Å². The number of hydrogen-bond acceptors (Lipinski definition) is 3. The van der Waals surface area contributed by atoms with Crippen LogP contribution in [-0.2, 0) is 9.53 Å². The topological polar surface area (TPSA) is 50.4 Å². The van der Waals surface area contributed by atoms with Gasteiger partial charge in [0.15, 0.2) is 0 Å². The average molecular weight is 256 g/mol.